The minimum Gasteiger partial charge on any atom is -0.467 e. The van der Waals surface area contributed by atoms with E-state index in [0.29, 0.717) is 16.8 Å². The number of halogens is 1. The molecule has 29 heavy (non-hydrogen) atoms. The topological polar surface area (TPSA) is 88.8 Å². The summed E-state index contributed by atoms with van der Waals surface area (Å²) in [5.41, 5.74) is 1.13. The summed E-state index contributed by atoms with van der Waals surface area (Å²) in [5, 5.41) is 9.96. The maximum atomic E-state index is 13.6. The SMILES string of the molecule is COC(=O)[C@H]1[C@H](CO)[C@H]2Cn3c(ccc(-c4cccc(F)c4)c3=O)[C@H]2N1C(C)=O. The lowest BCUT2D eigenvalue weighted by molar-refractivity contribution is -0.153. The van der Waals surface area contributed by atoms with Gasteiger partial charge < -0.3 is 19.3 Å². The Morgan fingerprint density at radius 1 is 1.28 bits per heavy atom. The summed E-state index contributed by atoms with van der Waals surface area (Å²) in [6, 6.07) is 7.74. The highest BCUT2D eigenvalue weighted by atomic mass is 19.1. The number of fused-ring (bicyclic) bond motifs is 3. The number of hydrogen-bond acceptors (Lipinski definition) is 5. The number of aromatic nitrogens is 1. The van der Waals surface area contributed by atoms with E-state index in [2.05, 4.69) is 0 Å². The van der Waals surface area contributed by atoms with Gasteiger partial charge in [0.05, 0.1) is 13.2 Å². The molecule has 7 nitrogen and oxygen atoms in total. The van der Waals surface area contributed by atoms with Crippen LogP contribution in [0.1, 0.15) is 18.7 Å². The van der Waals surface area contributed by atoms with Gasteiger partial charge in [-0.25, -0.2) is 9.18 Å². The van der Waals surface area contributed by atoms with Crippen molar-refractivity contribution in [2.45, 2.75) is 25.6 Å². The second-order valence-corrected chi connectivity index (χ2v) is 7.45. The normalized spacial score (nSPS) is 24.9. The molecule has 1 saturated heterocycles. The molecule has 0 bridgehead atoms. The van der Waals surface area contributed by atoms with Crippen molar-refractivity contribution in [2.75, 3.05) is 13.7 Å². The first-order valence-electron chi connectivity index (χ1n) is 9.36. The van der Waals surface area contributed by atoms with Crippen LogP contribution in [0.2, 0.25) is 0 Å². The molecule has 8 heteroatoms. The largest absolute Gasteiger partial charge is 0.467 e. The number of aliphatic hydroxyl groups is 1. The number of carbonyl (C=O) groups is 2. The Morgan fingerprint density at radius 2 is 2.03 bits per heavy atom. The van der Waals surface area contributed by atoms with Gasteiger partial charge in [-0.3, -0.25) is 9.59 Å². The molecule has 1 aromatic carbocycles. The van der Waals surface area contributed by atoms with Crippen LogP contribution in [0.3, 0.4) is 0 Å². The van der Waals surface area contributed by atoms with Gasteiger partial charge in [-0.1, -0.05) is 12.1 Å². The highest BCUT2D eigenvalue weighted by Crippen LogP contribution is 2.49. The van der Waals surface area contributed by atoms with Gasteiger partial charge in [0.25, 0.3) is 5.56 Å². The van der Waals surface area contributed by atoms with E-state index in [4.69, 9.17) is 4.74 Å². The fraction of sp³-hybridized carbons (Fsp3) is 0.381. The molecule has 4 atom stereocenters. The van der Waals surface area contributed by atoms with Gasteiger partial charge in [-0.15, -0.1) is 0 Å². The van der Waals surface area contributed by atoms with Crippen molar-refractivity contribution in [3.8, 4) is 11.1 Å². The van der Waals surface area contributed by atoms with Crippen molar-refractivity contribution in [2.24, 2.45) is 11.8 Å². The van der Waals surface area contributed by atoms with Gasteiger partial charge in [0.1, 0.15) is 11.9 Å². The smallest absolute Gasteiger partial charge is 0.328 e. The van der Waals surface area contributed by atoms with Crippen LogP contribution < -0.4 is 5.56 Å². The zero-order valence-corrected chi connectivity index (χ0v) is 16.0. The van der Waals surface area contributed by atoms with Crippen LogP contribution in [0.15, 0.2) is 41.2 Å². The first-order valence-corrected chi connectivity index (χ1v) is 9.36. The summed E-state index contributed by atoms with van der Waals surface area (Å²) in [5.74, 6) is -2.20. The standard InChI is InChI=1S/C21H21FN2O5/c1-11(26)24-18-15(16(10-25)19(24)21(28)29-2)9-23-17(18)7-6-14(20(23)27)12-4-3-5-13(22)8-12/h3-8,15-16,18-19,25H,9-10H2,1-2H3/t15-,16-,18+,19-/m1/s1. The van der Waals surface area contributed by atoms with E-state index in [-0.39, 0.29) is 30.5 Å². The summed E-state index contributed by atoms with van der Waals surface area (Å²) in [7, 11) is 1.24. The van der Waals surface area contributed by atoms with E-state index >= 15 is 0 Å². The fourth-order valence-electron chi connectivity index (χ4n) is 4.81. The molecule has 1 fully saturated rings. The number of ether oxygens (including phenoxy) is 1. The van der Waals surface area contributed by atoms with Crippen LogP contribution in [0.25, 0.3) is 11.1 Å². The molecule has 152 valence electrons. The number of amides is 1. The van der Waals surface area contributed by atoms with Crippen molar-refractivity contribution in [1.29, 1.82) is 0 Å². The molecule has 1 amide bonds. The Bertz CT molecular complexity index is 1050. The summed E-state index contributed by atoms with van der Waals surface area (Å²) in [6.45, 7) is 1.29. The maximum Gasteiger partial charge on any atom is 0.328 e. The molecule has 3 heterocycles. The van der Waals surface area contributed by atoms with Gasteiger partial charge in [0.2, 0.25) is 5.91 Å². The van der Waals surface area contributed by atoms with Gasteiger partial charge in [0.15, 0.2) is 0 Å². The summed E-state index contributed by atoms with van der Waals surface area (Å²) in [4.78, 5) is 39.3. The van der Waals surface area contributed by atoms with Crippen LogP contribution in [0.4, 0.5) is 4.39 Å². The number of rotatable bonds is 3. The molecule has 0 radical (unpaired) electrons. The highest BCUT2D eigenvalue weighted by molar-refractivity contribution is 5.85. The minimum absolute atomic E-state index is 0.254. The van der Waals surface area contributed by atoms with Crippen molar-refractivity contribution in [3.05, 3.63) is 58.3 Å². The van der Waals surface area contributed by atoms with E-state index < -0.39 is 29.8 Å². The van der Waals surface area contributed by atoms with Crippen LogP contribution in [-0.2, 0) is 20.9 Å². The predicted octanol–water partition coefficient (Wildman–Crippen LogP) is 1.34. The Hall–Kier alpha value is -3.00. The minimum atomic E-state index is -0.899. The average molecular weight is 400 g/mol. The third-order valence-electron chi connectivity index (χ3n) is 6.02. The lowest BCUT2D eigenvalue weighted by Crippen LogP contribution is -2.45. The molecule has 0 spiro atoms. The zero-order valence-electron chi connectivity index (χ0n) is 16.0. The van der Waals surface area contributed by atoms with Crippen LogP contribution in [0.5, 0.6) is 0 Å². The number of methoxy groups -OCH3 is 1. The van der Waals surface area contributed by atoms with E-state index in [9.17, 15) is 23.9 Å². The number of esters is 1. The molecular formula is C21H21FN2O5. The molecule has 1 N–H and O–H groups in total. The van der Waals surface area contributed by atoms with E-state index in [1.807, 2.05) is 0 Å². The Labute approximate surface area is 166 Å². The number of likely N-dealkylation sites (tertiary alicyclic amines) is 1. The number of carbonyl (C=O) groups excluding carboxylic acids is 2. The van der Waals surface area contributed by atoms with Crippen molar-refractivity contribution in [1.82, 2.24) is 9.47 Å². The van der Waals surface area contributed by atoms with Gasteiger partial charge in [0, 0.05) is 43.2 Å². The predicted molar refractivity (Wildman–Crippen MR) is 101 cm³/mol. The number of pyridine rings is 1. The number of nitrogens with zero attached hydrogens (tertiary/aromatic N) is 2. The molecule has 0 unspecified atom stereocenters. The van der Waals surface area contributed by atoms with E-state index in [1.165, 1.54) is 37.1 Å². The molecule has 2 aliphatic heterocycles. The number of hydrogen-bond donors (Lipinski definition) is 1. The fourth-order valence-corrected chi connectivity index (χ4v) is 4.81. The van der Waals surface area contributed by atoms with Crippen LogP contribution in [0, 0.1) is 17.7 Å². The monoisotopic (exact) mass is 400 g/mol. The average Bonchev–Trinajstić information content (AvgIpc) is 3.22. The first-order chi connectivity index (χ1) is 13.9. The Morgan fingerprint density at radius 3 is 2.66 bits per heavy atom. The molecule has 2 aliphatic rings. The summed E-state index contributed by atoms with van der Waals surface area (Å²) < 4.78 is 20.0. The second-order valence-electron chi connectivity index (χ2n) is 7.45. The second kappa shape index (κ2) is 7.11. The molecule has 0 saturated carbocycles. The van der Waals surface area contributed by atoms with Crippen LogP contribution in [-0.4, -0.2) is 46.2 Å². The zero-order chi connectivity index (χ0) is 20.9. The molecule has 1 aromatic heterocycles. The van der Waals surface area contributed by atoms with Gasteiger partial charge >= 0.3 is 5.97 Å². The molecule has 0 aliphatic carbocycles. The third-order valence-corrected chi connectivity index (χ3v) is 6.02. The van der Waals surface area contributed by atoms with E-state index in [0.717, 1.165) is 0 Å². The lowest BCUT2D eigenvalue weighted by atomic mass is 9.88. The highest BCUT2D eigenvalue weighted by Gasteiger charge is 2.57. The van der Waals surface area contributed by atoms with Gasteiger partial charge in [-0.05, 0) is 29.8 Å². The third kappa shape index (κ3) is 2.86. The van der Waals surface area contributed by atoms with Gasteiger partial charge in [-0.2, -0.15) is 0 Å². The molecule has 4 rings (SSSR count). The van der Waals surface area contributed by atoms with Crippen LogP contribution >= 0.6 is 0 Å². The quantitative estimate of drug-likeness (QED) is 0.786. The molecule has 2 aromatic rings. The maximum absolute atomic E-state index is 13.6. The lowest BCUT2D eigenvalue weighted by Gasteiger charge is -2.28. The van der Waals surface area contributed by atoms with Crippen molar-refractivity contribution in [3.63, 3.8) is 0 Å². The van der Waals surface area contributed by atoms with Crippen molar-refractivity contribution < 1.29 is 23.8 Å². The summed E-state index contributed by atoms with van der Waals surface area (Å²) in [6.07, 6.45) is 0. The van der Waals surface area contributed by atoms with Crippen molar-refractivity contribution >= 4 is 11.9 Å². The summed E-state index contributed by atoms with van der Waals surface area (Å²) >= 11 is 0. The Balaban J connectivity index is 1.83. The number of aliphatic hydroxyl groups excluding tert-OH is 1. The molecular weight excluding hydrogens is 379 g/mol. The first kappa shape index (κ1) is 19.3. The van der Waals surface area contributed by atoms with E-state index in [1.54, 1.807) is 22.8 Å². The Kier molecular flexibility index (Phi) is 4.74. The number of benzene rings is 1.